The van der Waals surface area contributed by atoms with Gasteiger partial charge in [-0.3, -0.25) is 9.59 Å². The number of nitrogens with zero attached hydrogens (tertiary/aromatic N) is 1. The van der Waals surface area contributed by atoms with Gasteiger partial charge in [-0.05, 0) is 42.5 Å². The number of ether oxygens (including phenoxy) is 1. The molecule has 0 saturated heterocycles. The van der Waals surface area contributed by atoms with Crippen LogP contribution in [-0.2, 0) is 0 Å². The first kappa shape index (κ1) is 16.5. The highest BCUT2D eigenvalue weighted by molar-refractivity contribution is 6.09. The lowest BCUT2D eigenvalue weighted by molar-refractivity contribution is 0.0986. The summed E-state index contributed by atoms with van der Waals surface area (Å²) in [7, 11) is 1.68. The molecule has 3 rings (SSSR count). The average Bonchev–Trinajstić information content (AvgIpc) is 2.68. The zero-order valence-corrected chi connectivity index (χ0v) is 13.8. The second kappa shape index (κ2) is 7.45. The Morgan fingerprint density at radius 3 is 2.12 bits per heavy atom. The van der Waals surface area contributed by atoms with E-state index in [0.717, 1.165) is 5.75 Å². The lowest BCUT2D eigenvalue weighted by Crippen LogP contribution is -2.27. The molecule has 25 heavy (non-hydrogen) atoms. The molecule has 0 unspecified atom stereocenters. The molecule has 0 aliphatic rings. The molecule has 0 spiro atoms. The third kappa shape index (κ3) is 3.75. The Kier molecular flexibility index (Phi) is 4.90. The number of hydrogen-bond acceptors (Lipinski definition) is 3. The van der Waals surface area contributed by atoms with Crippen LogP contribution in [0.5, 0.6) is 11.5 Å². The summed E-state index contributed by atoms with van der Waals surface area (Å²) in [4.78, 5) is 25.3. The average molecular weight is 331 g/mol. The number of hydrogen-bond donors (Lipinski definition) is 0. The lowest BCUT2D eigenvalue weighted by Gasteiger charge is -2.18. The fourth-order valence-electron chi connectivity index (χ4n) is 2.45. The molecule has 0 bridgehead atoms. The Bertz CT molecular complexity index is 873. The molecule has 0 heterocycles. The minimum absolute atomic E-state index is 0.237. The summed E-state index contributed by atoms with van der Waals surface area (Å²) in [6, 6.07) is 23.4. The molecule has 0 atom stereocenters. The van der Waals surface area contributed by atoms with E-state index in [0.29, 0.717) is 28.8 Å². The van der Waals surface area contributed by atoms with Gasteiger partial charge in [0.15, 0.2) is 6.29 Å². The second-order valence-electron chi connectivity index (χ2n) is 5.48. The number of rotatable bonds is 5. The molecule has 0 fully saturated rings. The van der Waals surface area contributed by atoms with Crippen molar-refractivity contribution in [3.05, 3.63) is 90.0 Å². The van der Waals surface area contributed by atoms with Crippen molar-refractivity contribution in [3.8, 4) is 11.5 Å². The third-order valence-corrected chi connectivity index (χ3v) is 3.83. The van der Waals surface area contributed by atoms with E-state index in [9.17, 15) is 9.59 Å². The van der Waals surface area contributed by atoms with Gasteiger partial charge in [0, 0.05) is 18.3 Å². The zero-order chi connectivity index (χ0) is 17.6. The van der Waals surface area contributed by atoms with Crippen molar-refractivity contribution in [1.82, 2.24) is 0 Å². The summed E-state index contributed by atoms with van der Waals surface area (Å²) in [6.45, 7) is 0. The van der Waals surface area contributed by atoms with Gasteiger partial charge in [-0.15, -0.1) is 0 Å². The van der Waals surface area contributed by atoms with Gasteiger partial charge in [0.05, 0.1) is 5.56 Å². The van der Waals surface area contributed by atoms with E-state index in [1.807, 2.05) is 30.3 Å². The first-order chi connectivity index (χ1) is 12.2. The molecule has 0 aliphatic carbocycles. The minimum Gasteiger partial charge on any atom is -0.457 e. The Labute approximate surface area is 146 Å². The van der Waals surface area contributed by atoms with Gasteiger partial charge in [-0.2, -0.15) is 0 Å². The van der Waals surface area contributed by atoms with Gasteiger partial charge >= 0.3 is 0 Å². The van der Waals surface area contributed by atoms with Crippen molar-refractivity contribution >= 4 is 17.9 Å². The van der Waals surface area contributed by atoms with Crippen LogP contribution < -0.4 is 9.64 Å². The van der Waals surface area contributed by atoms with Crippen molar-refractivity contribution in [2.75, 3.05) is 11.9 Å². The van der Waals surface area contributed by atoms with E-state index in [4.69, 9.17) is 4.74 Å². The number of amides is 1. The predicted molar refractivity (Wildman–Crippen MR) is 97.5 cm³/mol. The Balaban J connectivity index is 1.77. The van der Waals surface area contributed by atoms with E-state index in [1.165, 1.54) is 4.90 Å². The van der Waals surface area contributed by atoms with Crippen LogP contribution in [0.25, 0.3) is 0 Å². The Morgan fingerprint density at radius 2 is 1.44 bits per heavy atom. The van der Waals surface area contributed by atoms with Crippen molar-refractivity contribution in [2.45, 2.75) is 0 Å². The monoisotopic (exact) mass is 331 g/mol. The van der Waals surface area contributed by atoms with Gasteiger partial charge in [-0.1, -0.05) is 36.4 Å². The van der Waals surface area contributed by atoms with E-state index in [-0.39, 0.29) is 5.91 Å². The van der Waals surface area contributed by atoms with Gasteiger partial charge in [0.2, 0.25) is 0 Å². The maximum absolute atomic E-state index is 12.6. The predicted octanol–water partition coefficient (Wildman–Crippen LogP) is 4.57. The van der Waals surface area contributed by atoms with Crippen LogP contribution in [0.15, 0.2) is 78.9 Å². The molecular formula is C21H17NO3. The Morgan fingerprint density at radius 1 is 0.840 bits per heavy atom. The highest BCUT2D eigenvalue weighted by atomic mass is 16.5. The van der Waals surface area contributed by atoms with Crippen LogP contribution in [0.2, 0.25) is 0 Å². The highest BCUT2D eigenvalue weighted by Gasteiger charge is 2.16. The van der Waals surface area contributed by atoms with Gasteiger partial charge in [0.25, 0.3) is 5.91 Å². The minimum atomic E-state index is -0.237. The van der Waals surface area contributed by atoms with Crippen LogP contribution in [0.4, 0.5) is 5.69 Å². The molecule has 0 aliphatic heterocycles. The smallest absolute Gasteiger partial charge is 0.258 e. The number of carbonyl (C=O) groups is 2. The second-order valence-corrected chi connectivity index (χ2v) is 5.48. The number of anilines is 1. The summed E-state index contributed by atoms with van der Waals surface area (Å²) < 4.78 is 5.74. The van der Waals surface area contributed by atoms with Gasteiger partial charge < -0.3 is 9.64 Å². The van der Waals surface area contributed by atoms with Crippen molar-refractivity contribution < 1.29 is 14.3 Å². The van der Waals surface area contributed by atoms with E-state index in [2.05, 4.69) is 0 Å². The summed E-state index contributed by atoms with van der Waals surface area (Å²) in [5.74, 6) is 1.20. The van der Waals surface area contributed by atoms with E-state index < -0.39 is 0 Å². The number of benzene rings is 3. The van der Waals surface area contributed by atoms with Crippen LogP contribution in [0.3, 0.4) is 0 Å². The SMILES string of the molecule is CN(C(=O)c1ccccc1C=O)c1ccc(Oc2ccccc2)cc1. The first-order valence-corrected chi connectivity index (χ1v) is 7.84. The summed E-state index contributed by atoms with van der Waals surface area (Å²) in [6.07, 6.45) is 0.692. The van der Waals surface area contributed by atoms with Crippen LogP contribution in [-0.4, -0.2) is 19.2 Å². The molecule has 0 saturated carbocycles. The van der Waals surface area contributed by atoms with Crippen LogP contribution in [0, 0.1) is 0 Å². The van der Waals surface area contributed by atoms with Gasteiger partial charge in [0.1, 0.15) is 11.5 Å². The standard InChI is InChI=1S/C21H17NO3/c1-22(21(24)20-10-6-5-7-16(20)15-23)17-11-13-19(14-12-17)25-18-8-3-2-4-9-18/h2-15H,1H3. The molecule has 124 valence electrons. The molecular weight excluding hydrogens is 314 g/mol. The fraction of sp³-hybridized carbons (Fsp3) is 0.0476. The quantitative estimate of drug-likeness (QED) is 0.644. The summed E-state index contributed by atoms with van der Waals surface area (Å²) in [5, 5.41) is 0. The molecule has 3 aromatic carbocycles. The maximum atomic E-state index is 12.6. The number of aldehydes is 1. The molecule has 0 N–H and O–H groups in total. The Hall–Kier alpha value is -3.40. The van der Waals surface area contributed by atoms with Crippen molar-refractivity contribution in [1.29, 1.82) is 0 Å². The van der Waals surface area contributed by atoms with Crippen molar-refractivity contribution in [2.24, 2.45) is 0 Å². The molecule has 0 radical (unpaired) electrons. The summed E-state index contributed by atoms with van der Waals surface area (Å²) in [5.41, 5.74) is 1.47. The van der Waals surface area contributed by atoms with Crippen LogP contribution in [0.1, 0.15) is 20.7 Å². The lowest BCUT2D eigenvalue weighted by atomic mass is 10.1. The summed E-state index contributed by atoms with van der Waals surface area (Å²) >= 11 is 0. The normalized spacial score (nSPS) is 10.1. The maximum Gasteiger partial charge on any atom is 0.258 e. The van der Waals surface area contributed by atoms with E-state index >= 15 is 0 Å². The molecule has 4 heteroatoms. The fourth-order valence-corrected chi connectivity index (χ4v) is 2.45. The largest absolute Gasteiger partial charge is 0.457 e. The molecule has 1 amide bonds. The van der Waals surface area contributed by atoms with Crippen LogP contribution >= 0.6 is 0 Å². The molecule has 0 aromatic heterocycles. The third-order valence-electron chi connectivity index (χ3n) is 3.83. The highest BCUT2D eigenvalue weighted by Crippen LogP contribution is 2.24. The van der Waals surface area contributed by atoms with Crippen molar-refractivity contribution in [3.63, 3.8) is 0 Å². The number of para-hydroxylation sites is 1. The zero-order valence-electron chi connectivity index (χ0n) is 13.8. The van der Waals surface area contributed by atoms with Gasteiger partial charge in [-0.25, -0.2) is 0 Å². The number of carbonyl (C=O) groups excluding carboxylic acids is 2. The topological polar surface area (TPSA) is 46.6 Å². The molecule has 4 nitrogen and oxygen atoms in total. The van der Waals surface area contributed by atoms with E-state index in [1.54, 1.807) is 55.6 Å². The molecule has 3 aromatic rings. The first-order valence-electron chi connectivity index (χ1n) is 7.84.